The molecule has 1 spiro atoms. The third-order valence-electron chi connectivity index (χ3n) is 5.68. The van der Waals surface area contributed by atoms with Crippen molar-refractivity contribution in [3.63, 3.8) is 0 Å². The number of nitrogens with zero attached hydrogens (tertiary/aromatic N) is 3. The predicted molar refractivity (Wildman–Crippen MR) is 106 cm³/mol. The summed E-state index contributed by atoms with van der Waals surface area (Å²) < 4.78 is 15.3. The van der Waals surface area contributed by atoms with Crippen LogP contribution in [0.15, 0.2) is 18.3 Å². The van der Waals surface area contributed by atoms with E-state index in [4.69, 9.17) is 22.6 Å². The van der Waals surface area contributed by atoms with Crippen molar-refractivity contribution in [2.24, 2.45) is 5.92 Å². The molecule has 0 unspecified atom stereocenters. The van der Waals surface area contributed by atoms with Gasteiger partial charge in [-0.1, -0.05) is 11.6 Å². The first kappa shape index (κ1) is 18.5. The first-order valence-electron chi connectivity index (χ1n) is 8.91. The number of benzene rings is 1. The Bertz CT molecular complexity index is 1040. The minimum atomic E-state index is -0.717. The van der Waals surface area contributed by atoms with E-state index in [2.05, 4.69) is 16.4 Å². The number of rotatable bonds is 2. The Labute approximate surface area is 167 Å². The van der Waals surface area contributed by atoms with Gasteiger partial charge in [-0.2, -0.15) is 5.26 Å². The summed E-state index contributed by atoms with van der Waals surface area (Å²) in [6.07, 6.45) is 2.90. The van der Waals surface area contributed by atoms with Crippen molar-refractivity contribution in [1.82, 2.24) is 9.88 Å². The van der Waals surface area contributed by atoms with Gasteiger partial charge in [0, 0.05) is 60.5 Å². The van der Waals surface area contributed by atoms with Gasteiger partial charge in [-0.3, -0.25) is 4.79 Å². The van der Waals surface area contributed by atoms with Crippen LogP contribution in [0.25, 0.3) is 11.1 Å². The maximum Gasteiger partial charge on any atom is 0.258 e. The van der Waals surface area contributed by atoms with Crippen molar-refractivity contribution < 1.29 is 9.18 Å². The first-order chi connectivity index (χ1) is 13.3. The van der Waals surface area contributed by atoms with Gasteiger partial charge in [0.05, 0.1) is 16.7 Å². The van der Waals surface area contributed by atoms with Crippen LogP contribution in [0, 0.1) is 23.1 Å². The minimum absolute atomic E-state index is 0.00921. The molecule has 1 aromatic carbocycles. The van der Waals surface area contributed by atoms with E-state index < -0.39 is 11.7 Å². The lowest BCUT2D eigenvalue weighted by atomic mass is 9.60. The number of anilines is 2. The molecule has 28 heavy (non-hydrogen) atoms. The number of nitrogens with one attached hydrogen (secondary N) is 1. The maximum absolute atomic E-state index is 15.3. The maximum atomic E-state index is 15.3. The predicted octanol–water partition coefficient (Wildman–Crippen LogP) is 3.42. The zero-order chi connectivity index (χ0) is 20.2. The molecule has 1 aromatic heterocycles. The number of hydrogen-bond donors (Lipinski definition) is 2. The van der Waals surface area contributed by atoms with Crippen LogP contribution in [0.5, 0.6) is 0 Å². The molecule has 1 aliphatic carbocycles. The normalized spacial score (nSPS) is 22.2. The number of amides is 1. The van der Waals surface area contributed by atoms with Gasteiger partial charge in [-0.05, 0) is 25.0 Å². The molecule has 2 aliphatic rings. The van der Waals surface area contributed by atoms with E-state index in [0.29, 0.717) is 35.8 Å². The van der Waals surface area contributed by atoms with Crippen molar-refractivity contribution in [2.75, 3.05) is 31.7 Å². The van der Waals surface area contributed by atoms with E-state index in [1.807, 2.05) is 0 Å². The van der Waals surface area contributed by atoms with Crippen LogP contribution in [-0.2, 0) is 5.41 Å². The third-order valence-corrected chi connectivity index (χ3v) is 6.07. The molecule has 144 valence electrons. The molecular formula is C20H19ClFN5O. The molecule has 8 heteroatoms. The van der Waals surface area contributed by atoms with Gasteiger partial charge in [-0.25, -0.2) is 9.37 Å². The van der Waals surface area contributed by atoms with Crippen molar-refractivity contribution in [3.05, 3.63) is 40.3 Å². The molecule has 0 saturated heterocycles. The Balaban J connectivity index is 1.85. The van der Waals surface area contributed by atoms with Crippen molar-refractivity contribution in [2.45, 2.75) is 18.3 Å². The van der Waals surface area contributed by atoms with Crippen molar-refractivity contribution in [3.8, 4) is 17.2 Å². The average Bonchev–Trinajstić information content (AvgIpc) is 3.02. The summed E-state index contributed by atoms with van der Waals surface area (Å²) in [6.45, 7) is 0.658. The molecular weight excluding hydrogens is 381 g/mol. The second kappa shape index (κ2) is 6.35. The van der Waals surface area contributed by atoms with Crippen LogP contribution in [0.3, 0.4) is 0 Å². The van der Waals surface area contributed by atoms with Gasteiger partial charge >= 0.3 is 0 Å². The quantitative estimate of drug-likeness (QED) is 0.754. The fraction of sp³-hybridized carbons (Fsp3) is 0.350. The molecule has 2 aromatic rings. The molecule has 0 radical (unpaired) electrons. The highest BCUT2D eigenvalue weighted by atomic mass is 35.5. The Hall–Kier alpha value is -2.85. The summed E-state index contributed by atoms with van der Waals surface area (Å²) in [4.78, 5) is 18.1. The lowest BCUT2D eigenvalue weighted by molar-refractivity contribution is 0.0824. The van der Waals surface area contributed by atoms with Crippen molar-refractivity contribution >= 4 is 29.0 Å². The zero-order valence-corrected chi connectivity index (χ0v) is 16.3. The van der Waals surface area contributed by atoms with Gasteiger partial charge in [0.25, 0.3) is 5.91 Å². The molecule has 1 saturated carbocycles. The van der Waals surface area contributed by atoms with Gasteiger partial charge in [0.1, 0.15) is 11.6 Å². The second-order valence-corrected chi connectivity index (χ2v) is 8.05. The van der Waals surface area contributed by atoms with Gasteiger partial charge in [0.2, 0.25) is 0 Å². The largest absolute Gasteiger partial charge is 0.398 e. The third kappa shape index (κ3) is 2.52. The Morgan fingerprint density at radius 3 is 2.79 bits per heavy atom. The lowest BCUT2D eigenvalue weighted by Gasteiger charge is -2.42. The molecule has 1 fully saturated rings. The molecule has 6 nitrogen and oxygen atoms in total. The Kier molecular flexibility index (Phi) is 4.20. The van der Waals surface area contributed by atoms with Crippen molar-refractivity contribution in [1.29, 1.82) is 5.26 Å². The van der Waals surface area contributed by atoms with E-state index in [1.54, 1.807) is 0 Å². The molecule has 3 N–H and O–H groups in total. The summed E-state index contributed by atoms with van der Waals surface area (Å²) in [5, 5.41) is 12.8. The van der Waals surface area contributed by atoms with Crippen LogP contribution < -0.4 is 11.1 Å². The van der Waals surface area contributed by atoms with Gasteiger partial charge < -0.3 is 16.0 Å². The van der Waals surface area contributed by atoms with Crippen LogP contribution in [-0.4, -0.2) is 36.4 Å². The summed E-state index contributed by atoms with van der Waals surface area (Å²) in [6, 6.07) is 5.30. The molecule has 0 bridgehead atoms. The summed E-state index contributed by atoms with van der Waals surface area (Å²) in [5.74, 6) is -0.572. The number of aromatic nitrogens is 1. The highest BCUT2D eigenvalue weighted by molar-refractivity contribution is 6.34. The number of pyridine rings is 1. The number of halogens is 2. The number of fused-ring (bicyclic) bond motifs is 2. The number of carbonyl (C=O) groups excluding carboxylic acids is 1. The Morgan fingerprint density at radius 2 is 2.14 bits per heavy atom. The minimum Gasteiger partial charge on any atom is -0.398 e. The van der Waals surface area contributed by atoms with E-state index in [0.717, 1.165) is 5.56 Å². The van der Waals surface area contributed by atoms with Crippen LogP contribution in [0.2, 0.25) is 5.02 Å². The molecule has 0 atom stereocenters. The van der Waals surface area contributed by atoms with E-state index in [9.17, 15) is 4.79 Å². The van der Waals surface area contributed by atoms with Gasteiger partial charge in [0.15, 0.2) is 0 Å². The Morgan fingerprint density at radius 1 is 1.43 bits per heavy atom. The fourth-order valence-electron chi connectivity index (χ4n) is 4.20. The van der Waals surface area contributed by atoms with E-state index >= 15 is 4.39 Å². The fourth-order valence-corrected chi connectivity index (χ4v) is 4.64. The molecule has 2 heterocycles. The SMILES string of the molecule is CN(C)C(=O)c1c(N)ccc(-c2cnc3c(c2Cl)C2(CN3)CC(C#N)C2)c1F. The number of nitriles is 1. The van der Waals surface area contributed by atoms with Gasteiger partial charge in [-0.15, -0.1) is 0 Å². The van der Waals surface area contributed by atoms with E-state index in [1.165, 1.54) is 37.3 Å². The molecule has 4 rings (SSSR count). The summed E-state index contributed by atoms with van der Waals surface area (Å²) >= 11 is 6.73. The molecule has 1 aliphatic heterocycles. The second-order valence-electron chi connectivity index (χ2n) is 7.67. The average molecular weight is 400 g/mol. The first-order valence-corrected chi connectivity index (χ1v) is 9.29. The number of hydrogen-bond acceptors (Lipinski definition) is 5. The highest BCUT2D eigenvalue weighted by Gasteiger charge is 2.51. The topological polar surface area (TPSA) is 95.0 Å². The standard InChI is InChI=1S/C20H19ClFN5O/c1-27(2)19(28)14-13(24)4-3-11(17(14)22)12-8-25-18-15(16(12)21)20(9-26-18)5-10(6-20)7-23/h3-4,8,10H,5-6,9,24H2,1-2H3,(H,25,26). The smallest absolute Gasteiger partial charge is 0.258 e. The lowest BCUT2D eigenvalue weighted by Crippen LogP contribution is -2.42. The number of nitrogen functional groups attached to an aromatic ring is 1. The van der Waals surface area contributed by atoms with E-state index in [-0.39, 0.29) is 28.1 Å². The van der Waals surface area contributed by atoms with Crippen LogP contribution in [0.4, 0.5) is 15.9 Å². The monoisotopic (exact) mass is 399 g/mol. The zero-order valence-electron chi connectivity index (χ0n) is 15.5. The highest BCUT2D eigenvalue weighted by Crippen LogP contribution is 2.56. The summed E-state index contributed by atoms with van der Waals surface area (Å²) in [7, 11) is 3.07. The number of nitrogens with two attached hydrogens (primary N) is 1. The van der Waals surface area contributed by atoms with Crippen LogP contribution >= 0.6 is 11.6 Å². The van der Waals surface area contributed by atoms with Crippen LogP contribution in [0.1, 0.15) is 28.8 Å². The molecule has 1 amide bonds. The summed E-state index contributed by atoms with van der Waals surface area (Å²) in [5.41, 5.74) is 6.92. The number of carbonyl (C=O) groups is 1.